The maximum Gasteiger partial charge on any atom is 0.223 e. The molecule has 1 fully saturated rings. The van der Waals surface area contributed by atoms with Gasteiger partial charge in [-0.25, -0.2) is 0 Å². The number of hydrogen-bond acceptors (Lipinski definition) is 2. The second-order valence-corrected chi connectivity index (χ2v) is 7.35. The number of carbonyl (C=O) groups is 1. The Bertz CT molecular complexity index is 301. The first-order valence-electron chi connectivity index (χ1n) is 8.25. The van der Waals surface area contributed by atoms with Crippen LogP contribution in [0.15, 0.2) is 0 Å². The van der Waals surface area contributed by atoms with Gasteiger partial charge in [-0.2, -0.15) is 0 Å². The maximum absolute atomic E-state index is 12.3. The fourth-order valence-corrected chi connectivity index (χ4v) is 3.37. The van der Waals surface area contributed by atoms with Crippen molar-refractivity contribution in [3.63, 3.8) is 0 Å². The Labute approximate surface area is 125 Å². The molecule has 20 heavy (non-hydrogen) atoms. The lowest BCUT2D eigenvalue weighted by Gasteiger charge is -2.39. The highest BCUT2D eigenvalue weighted by Gasteiger charge is 2.35. The first-order chi connectivity index (χ1) is 9.32. The number of nitrogens with one attached hydrogen (secondary N) is 1. The van der Waals surface area contributed by atoms with Crippen LogP contribution >= 0.6 is 0 Å². The molecule has 1 N–H and O–H groups in total. The maximum atomic E-state index is 12.3. The van der Waals surface area contributed by atoms with E-state index in [1.54, 1.807) is 0 Å². The van der Waals surface area contributed by atoms with Gasteiger partial charge in [-0.05, 0) is 57.0 Å². The largest absolute Gasteiger partial charge is 0.355 e. The molecule has 1 aliphatic carbocycles. The van der Waals surface area contributed by atoms with E-state index in [1.807, 2.05) is 14.1 Å². The van der Waals surface area contributed by atoms with Crippen LogP contribution in [0.4, 0.5) is 0 Å². The number of nitrogens with zero attached hydrogens (tertiary/aromatic N) is 1. The van der Waals surface area contributed by atoms with E-state index in [9.17, 15) is 4.79 Å². The molecule has 118 valence electrons. The van der Waals surface area contributed by atoms with Crippen LogP contribution in [0.2, 0.25) is 0 Å². The molecule has 0 bridgehead atoms. The Morgan fingerprint density at radius 3 is 2.45 bits per heavy atom. The van der Waals surface area contributed by atoms with Crippen molar-refractivity contribution in [3.8, 4) is 0 Å². The molecule has 1 rings (SSSR count). The van der Waals surface area contributed by atoms with E-state index in [0.29, 0.717) is 17.8 Å². The number of carbonyl (C=O) groups excluding carboxylic acids is 1. The second-order valence-electron chi connectivity index (χ2n) is 7.35. The van der Waals surface area contributed by atoms with Crippen LogP contribution in [0.5, 0.6) is 0 Å². The van der Waals surface area contributed by atoms with E-state index in [-0.39, 0.29) is 11.8 Å². The van der Waals surface area contributed by atoms with E-state index in [0.717, 1.165) is 31.8 Å². The number of rotatable bonds is 6. The summed E-state index contributed by atoms with van der Waals surface area (Å²) in [6.07, 6.45) is 3.35. The van der Waals surface area contributed by atoms with Gasteiger partial charge in [-0.3, -0.25) is 4.79 Å². The van der Waals surface area contributed by atoms with E-state index in [4.69, 9.17) is 0 Å². The molecule has 0 spiro atoms. The van der Waals surface area contributed by atoms with Crippen LogP contribution in [-0.4, -0.2) is 38.0 Å². The minimum atomic E-state index is 0.236. The Morgan fingerprint density at radius 2 is 1.90 bits per heavy atom. The molecule has 1 saturated carbocycles. The number of amides is 1. The molecule has 0 aromatic carbocycles. The molecular formula is C17H34N2O. The van der Waals surface area contributed by atoms with Crippen molar-refractivity contribution in [2.24, 2.45) is 29.6 Å². The third-order valence-corrected chi connectivity index (χ3v) is 5.21. The predicted molar refractivity (Wildman–Crippen MR) is 85.6 cm³/mol. The Hall–Kier alpha value is -0.570. The van der Waals surface area contributed by atoms with Crippen LogP contribution in [0.25, 0.3) is 0 Å². The van der Waals surface area contributed by atoms with Crippen LogP contribution in [0.1, 0.15) is 47.0 Å². The van der Waals surface area contributed by atoms with Crippen molar-refractivity contribution in [1.29, 1.82) is 0 Å². The van der Waals surface area contributed by atoms with Crippen molar-refractivity contribution in [1.82, 2.24) is 10.2 Å². The highest BCUT2D eigenvalue weighted by atomic mass is 16.1. The summed E-state index contributed by atoms with van der Waals surface area (Å²) in [5.41, 5.74) is 0. The molecule has 0 heterocycles. The van der Waals surface area contributed by atoms with E-state index >= 15 is 0 Å². The molecule has 0 aliphatic heterocycles. The molecule has 0 aromatic heterocycles. The second kappa shape index (κ2) is 8.02. The summed E-state index contributed by atoms with van der Waals surface area (Å²) in [5, 5.41) is 3.11. The number of hydrogen-bond donors (Lipinski definition) is 1. The van der Waals surface area contributed by atoms with E-state index in [1.165, 1.54) is 6.42 Å². The van der Waals surface area contributed by atoms with Gasteiger partial charge in [0.15, 0.2) is 0 Å². The Morgan fingerprint density at radius 1 is 1.25 bits per heavy atom. The molecule has 0 aromatic rings. The summed E-state index contributed by atoms with van der Waals surface area (Å²) < 4.78 is 0. The zero-order valence-corrected chi connectivity index (χ0v) is 14.3. The summed E-state index contributed by atoms with van der Waals surface area (Å²) in [6.45, 7) is 11.0. The Balaban J connectivity index is 2.49. The third kappa shape index (κ3) is 5.08. The van der Waals surface area contributed by atoms with Gasteiger partial charge in [0.25, 0.3) is 0 Å². The van der Waals surface area contributed by atoms with Gasteiger partial charge < -0.3 is 10.2 Å². The van der Waals surface area contributed by atoms with Crippen LogP contribution in [0, 0.1) is 29.6 Å². The minimum Gasteiger partial charge on any atom is -0.355 e. The smallest absolute Gasteiger partial charge is 0.223 e. The molecule has 0 radical (unpaired) electrons. The quantitative estimate of drug-likeness (QED) is 0.812. The average Bonchev–Trinajstić information content (AvgIpc) is 2.37. The van der Waals surface area contributed by atoms with Crippen molar-refractivity contribution >= 4 is 5.91 Å². The minimum absolute atomic E-state index is 0.236. The summed E-state index contributed by atoms with van der Waals surface area (Å²) in [4.78, 5) is 14.4. The normalized spacial score (nSPS) is 28.7. The molecular weight excluding hydrogens is 248 g/mol. The topological polar surface area (TPSA) is 32.3 Å². The van der Waals surface area contributed by atoms with Crippen molar-refractivity contribution in [2.45, 2.75) is 47.0 Å². The van der Waals surface area contributed by atoms with Crippen LogP contribution in [0.3, 0.4) is 0 Å². The molecule has 4 atom stereocenters. The van der Waals surface area contributed by atoms with Crippen molar-refractivity contribution < 1.29 is 4.79 Å². The van der Waals surface area contributed by atoms with E-state index in [2.05, 4.69) is 37.9 Å². The zero-order valence-electron chi connectivity index (χ0n) is 14.3. The molecule has 0 saturated heterocycles. The SMILES string of the molecule is CC(C)C(C)C1CC(C(=O)NCCN(C)C)CCC1C. The number of likely N-dealkylation sites (N-methyl/N-ethyl adjacent to an activating group) is 1. The van der Waals surface area contributed by atoms with Gasteiger partial charge in [0.1, 0.15) is 0 Å². The van der Waals surface area contributed by atoms with Crippen LogP contribution < -0.4 is 5.32 Å². The molecule has 3 heteroatoms. The highest BCUT2D eigenvalue weighted by Crippen LogP contribution is 2.40. The highest BCUT2D eigenvalue weighted by molar-refractivity contribution is 5.78. The first-order valence-corrected chi connectivity index (χ1v) is 8.25. The molecule has 3 nitrogen and oxygen atoms in total. The monoisotopic (exact) mass is 282 g/mol. The first kappa shape index (κ1) is 17.5. The summed E-state index contributed by atoms with van der Waals surface area (Å²) in [5.74, 6) is 3.39. The van der Waals surface area contributed by atoms with Crippen molar-refractivity contribution in [3.05, 3.63) is 0 Å². The van der Waals surface area contributed by atoms with Gasteiger partial charge in [0, 0.05) is 19.0 Å². The molecule has 1 amide bonds. The lowest BCUT2D eigenvalue weighted by molar-refractivity contribution is -0.127. The van der Waals surface area contributed by atoms with Crippen LogP contribution in [-0.2, 0) is 4.79 Å². The summed E-state index contributed by atoms with van der Waals surface area (Å²) >= 11 is 0. The average molecular weight is 282 g/mol. The zero-order chi connectivity index (χ0) is 15.3. The van der Waals surface area contributed by atoms with Gasteiger partial charge in [-0.1, -0.05) is 27.7 Å². The van der Waals surface area contributed by atoms with Gasteiger partial charge in [0.2, 0.25) is 5.91 Å². The summed E-state index contributed by atoms with van der Waals surface area (Å²) in [7, 11) is 4.07. The van der Waals surface area contributed by atoms with Gasteiger partial charge in [0.05, 0.1) is 0 Å². The van der Waals surface area contributed by atoms with E-state index < -0.39 is 0 Å². The Kier molecular flexibility index (Phi) is 7.01. The molecule has 4 unspecified atom stereocenters. The standard InChI is InChI=1S/C17H34N2O/c1-12(2)14(4)16-11-15(8-7-13(16)3)17(20)18-9-10-19(5)6/h12-16H,7-11H2,1-6H3,(H,18,20). The third-order valence-electron chi connectivity index (χ3n) is 5.21. The lowest BCUT2D eigenvalue weighted by atomic mass is 9.67. The lowest BCUT2D eigenvalue weighted by Crippen LogP contribution is -2.40. The van der Waals surface area contributed by atoms with Gasteiger partial charge in [-0.15, -0.1) is 0 Å². The van der Waals surface area contributed by atoms with Gasteiger partial charge >= 0.3 is 0 Å². The predicted octanol–water partition coefficient (Wildman–Crippen LogP) is 3.01. The fraction of sp³-hybridized carbons (Fsp3) is 0.941. The van der Waals surface area contributed by atoms with Crippen molar-refractivity contribution in [2.75, 3.05) is 27.2 Å². The summed E-state index contributed by atoms with van der Waals surface area (Å²) in [6, 6.07) is 0. The molecule has 1 aliphatic rings. The fourth-order valence-electron chi connectivity index (χ4n) is 3.37.